The number of hydrogen-bond donors (Lipinski definition) is 1. The summed E-state index contributed by atoms with van der Waals surface area (Å²) >= 11 is 0. The van der Waals surface area contributed by atoms with Crippen molar-refractivity contribution >= 4 is 5.91 Å². The van der Waals surface area contributed by atoms with Crippen LogP contribution in [0.1, 0.15) is 61.0 Å². The molecule has 0 spiro atoms. The lowest BCUT2D eigenvalue weighted by Crippen LogP contribution is -2.31. The first kappa shape index (κ1) is 13.1. The number of carbonyl (C=O) groups is 1. The quantitative estimate of drug-likeness (QED) is 0.849. The number of benzene rings is 1. The van der Waals surface area contributed by atoms with Crippen LogP contribution in [-0.2, 0) is 12.8 Å². The van der Waals surface area contributed by atoms with Crippen molar-refractivity contribution in [3.63, 3.8) is 0 Å². The summed E-state index contributed by atoms with van der Waals surface area (Å²) in [6, 6.07) is 6.38. The molecule has 0 unspecified atom stereocenters. The van der Waals surface area contributed by atoms with Gasteiger partial charge in [0.25, 0.3) is 5.91 Å². The van der Waals surface area contributed by atoms with Crippen molar-refractivity contribution in [2.24, 2.45) is 0 Å². The Kier molecular flexibility index (Phi) is 4.40. The molecule has 1 N–H and O–H groups in total. The van der Waals surface area contributed by atoms with E-state index in [1.807, 2.05) is 26.0 Å². The number of nitrogens with one attached hydrogen (secondary N) is 1. The summed E-state index contributed by atoms with van der Waals surface area (Å²) in [5, 5.41) is 3.01. The highest BCUT2D eigenvalue weighted by molar-refractivity contribution is 5.96. The van der Waals surface area contributed by atoms with Crippen molar-refractivity contribution in [1.82, 2.24) is 5.32 Å². The summed E-state index contributed by atoms with van der Waals surface area (Å²) in [6.07, 6.45) is 7.25. The second kappa shape index (κ2) is 6.03. The minimum absolute atomic E-state index is 0.0856. The van der Waals surface area contributed by atoms with Gasteiger partial charge in [-0.25, -0.2) is 0 Å². The van der Waals surface area contributed by atoms with Crippen molar-refractivity contribution in [1.29, 1.82) is 0 Å². The van der Waals surface area contributed by atoms with E-state index in [0.29, 0.717) is 0 Å². The van der Waals surface area contributed by atoms with Gasteiger partial charge in [-0.3, -0.25) is 4.79 Å². The minimum Gasteiger partial charge on any atom is -0.350 e. The first-order chi connectivity index (χ1) is 8.68. The average molecular weight is 245 g/mol. The third kappa shape index (κ3) is 3.12. The van der Waals surface area contributed by atoms with Crippen molar-refractivity contribution in [3.05, 3.63) is 34.9 Å². The van der Waals surface area contributed by atoms with Gasteiger partial charge in [0.2, 0.25) is 0 Å². The molecule has 0 fully saturated rings. The summed E-state index contributed by atoms with van der Waals surface area (Å²) in [6.45, 7) is 4.01. The monoisotopic (exact) mass is 245 g/mol. The van der Waals surface area contributed by atoms with Crippen LogP contribution in [0.5, 0.6) is 0 Å². The van der Waals surface area contributed by atoms with Gasteiger partial charge in [-0.15, -0.1) is 0 Å². The van der Waals surface area contributed by atoms with Gasteiger partial charge < -0.3 is 5.32 Å². The van der Waals surface area contributed by atoms with E-state index in [-0.39, 0.29) is 11.9 Å². The number of hydrogen-bond acceptors (Lipinski definition) is 1. The van der Waals surface area contributed by atoms with E-state index in [1.54, 1.807) is 0 Å². The molecule has 0 bridgehead atoms. The molecule has 98 valence electrons. The predicted octanol–water partition coefficient (Wildman–Crippen LogP) is 3.48. The Balaban J connectivity index is 2.29. The van der Waals surface area contributed by atoms with Crippen LogP contribution in [0.2, 0.25) is 0 Å². The number of rotatable bonds is 2. The van der Waals surface area contributed by atoms with E-state index in [2.05, 4.69) is 11.4 Å². The lowest BCUT2D eigenvalue weighted by molar-refractivity contribution is 0.0942. The van der Waals surface area contributed by atoms with Crippen molar-refractivity contribution < 1.29 is 4.79 Å². The Morgan fingerprint density at radius 1 is 1.11 bits per heavy atom. The first-order valence-corrected chi connectivity index (χ1v) is 7.10. The fourth-order valence-corrected chi connectivity index (χ4v) is 2.69. The topological polar surface area (TPSA) is 29.1 Å². The number of amides is 1. The van der Waals surface area contributed by atoms with Crippen LogP contribution in [-0.4, -0.2) is 11.9 Å². The lowest BCUT2D eigenvalue weighted by atomic mass is 9.89. The molecule has 0 aliphatic heterocycles. The molecule has 2 nitrogen and oxygen atoms in total. The smallest absolute Gasteiger partial charge is 0.251 e. The number of aryl methyl sites for hydroxylation is 1. The van der Waals surface area contributed by atoms with E-state index in [9.17, 15) is 4.79 Å². The van der Waals surface area contributed by atoms with Crippen molar-refractivity contribution in [2.45, 2.75) is 58.4 Å². The SMILES string of the molecule is CC(C)NC(=O)c1cccc2c1CCCCCC2. The van der Waals surface area contributed by atoms with Crippen LogP contribution in [0.3, 0.4) is 0 Å². The first-order valence-electron chi connectivity index (χ1n) is 7.10. The maximum atomic E-state index is 12.2. The zero-order valence-corrected chi connectivity index (χ0v) is 11.5. The molecule has 1 aliphatic rings. The molecule has 0 heterocycles. The van der Waals surface area contributed by atoms with E-state index in [0.717, 1.165) is 18.4 Å². The molecule has 0 radical (unpaired) electrons. The Labute approximate surface area is 110 Å². The van der Waals surface area contributed by atoms with Gasteiger partial charge in [0, 0.05) is 11.6 Å². The second-order valence-corrected chi connectivity index (χ2v) is 5.49. The summed E-state index contributed by atoms with van der Waals surface area (Å²) in [7, 11) is 0. The van der Waals surface area contributed by atoms with Gasteiger partial charge in [0.1, 0.15) is 0 Å². The number of carbonyl (C=O) groups excluding carboxylic acids is 1. The molecule has 0 aromatic heterocycles. The van der Waals surface area contributed by atoms with Gasteiger partial charge >= 0.3 is 0 Å². The van der Waals surface area contributed by atoms with Gasteiger partial charge in [0.05, 0.1) is 0 Å². The Bertz CT molecular complexity index is 423. The normalized spacial score (nSPS) is 15.7. The summed E-state index contributed by atoms with van der Waals surface area (Å²) < 4.78 is 0. The second-order valence-electron chi connectivity index (χ2n) is 5.49. The van der Waals surface area contributed by atoms with E-state index >= 15 is 0 Å². The Morgan fingerprint density at radius 3 is 2.56 bits per heavy atom. The predicted molar refractivity (Wildman–Crippen MR) is 74.9 cm³/mol. The molecule has 1 aromatic rings. The molecular formula is C16H23NO. The maximum absolute atomic E-state index is 12.2. The average Bonchev–Trinajstić information content (AvgIpc) is 2.28. The molecule has 0 atom stereocenters. The van der Waals surface area contributed by atoms with Gasteiger partial charge in [-0.1, -0.05) is 25.0 Å². The van der Waals surface area contributed by atoms with Crippen LogP contribution in [0.4, 0.5) is 0 Å². The standard InChI is InChI=1S/C16H23NO/c1-12(2)17-16(18)15-11-7-9-13-8-5-3-4-6-10-14(13)15/h7,9,11-12H,3-6,8,10H2,1-2H3,(H,17,18). The number of fused-ring (bicyclic) bond motifs is 1. The highest BCUT2D eigenvalue weighted by Gasteiger charge is 2.16. The molecule has 0 saturated carbocycles. The molecule has 0 saturated heterocycles. The zero-order valence-electron chi connectivity index (χ0n) is 11.5. The molecule has 1 aliphatic carbocycles. The minimum atomic E-state index is 0.0856. The molecule has 2 heteroatoms. The lowest BCUT2D eigenvalue weighted by Gasteiger charge is -2.18. The van der Waals surface area contributed by atoms with E-state index in [1.165, 1.54) is 36.8 Å². The molecule has 18 heavy (non-hydrogen) atoms. The van der Waals surface area contributed by atoms with E-state index < -0.39 is 0 Å². The highest BCUT2D eigenvalue weighted by Crippen LogP contribution is 2.23. The van der Waals surface area contributed by atoms with Gasteiger partial charge in [0.15, 0.2) is 0 Å². The van der Waals surface area contributed by atoms with Crippen LogP contribution in [0.25, 0.3) is 0 Å². The Hall–Kier alpha value is -1.31. The van der Waals surface area contributed by atoms with Crippen molar-refractivity contribution in [2.75, 3.05) is 0 Å². The molecule has 1 amide bonds. The van der Waals surface area contributed by atoms with E-state index in [4.69, 9.17) is 0 Å². The molecule has 2 rings (SSSR count). The highest BCUT2D eigenvalue weighted by atomic mass is 16.1. The fourth-order valence-electron chi connectivity index (χ4n) is 2.69. The zero-order chi connectivity index (χ0) is 13.0. The maximum Gasteiger partial charge on any atom is 0.251 e. The Morgan fingerprint density at radius 2 is 1.83 bits per heavy atom. The molecule has 1 aromatic carbocycles. The van der Waals surface area contributed by atoms with Gasteiger partial charge in [-0.2, -0.15) is 0 Å². The summed E-state index contributed by atoms with van der Waals surface area (Å²) in [5.74, 6) is 0.0856. The summed E-state index contributed by atoms with van der Waals surface area (Å²) in [5.41, 5.74) is 3.56. The third-order valence-electron chi connectivity index (χ3n) is 3.56. The van der Waals surface area contributed by atoms with Crippen molar-refractivity contribution in [3.8, 4) is 0 Å². The van der Waals surface area contributed by atoms with Gasteiger partial charge in [-0.05, 0) is 56.7 Å². The largest absolute Gasteiger partial charge is 0.350 e. The van der Waals surface area contributed by atoms with Crippen LogP contribution in [0.15, 0.2) is 18.2 Å². The summed E-state index contributed by atoms with van der Waals surface area (Å²) in [4.78, 5) is 12.2. The fraction of sp³-hybridized carbons (Fsp3) is 0.562. The molecular weight excluding hydrogens is 222 g/mol. The van der Waals surface area contributed by atoms with Crippen LogP contribution in [0, 0.1) is 0 Å². The van der Waals surface area contributed by atoms with Crippen LogP contribution < -0.4 is 5.32 Å². The van der Waals surface area contributed by atoms with Crippen LogP contribution >= 0.6 is 0 Å². The third-order valence-corrected chi connectivity index (χ3v) is 3.56.